The van der Waals surface area contributed by atoms with Crippen LogP contribution in [-0.4, -0.2) is 24.6 Å². The van der Waals surface area contributed by atoms with Gasteiger partial charge in [-0.15, -0.1) is 0 Å². The quantitative estimate of drug-likeness (QED) is 0.553. The van der Waals surface area contributed by atoms with Crippen molar-refractivity contribution < 1.29 is 19.1 Å². The van der Waals surface area contributed by atoms with Crippen molar-refractivity contribution in [3.05, 3.63) is 12.2 Å². The van der Waals surface area contributed by atoms with Crippen LogP contribution in [0.4, 0.5) is 0 Å². The number of hydrogen-bond donors (Lipinski definition) is 0. The normalized spacial score (nSPS) is 40.0. The molecule has 1 heterocycles. The van der Waals surface area contributed by atoms with Crippen LogP contribution in [0.1, 0.15) is 26.7 Å². The summed E-state index contributed by atoms with van der Waals surface area (Å²) in [7, 11) is 0. The molecule has 3 aliphatic rings. The number of allylic oxidation sites excluding steroid dienone is 2. The van der Waals surface area contributed by atoms with Gasteiger partial charge in [-0.1, -0.05) is 26.0 Å². The maximum absolute atomic E-state index is 12.2. The molecule has 18 heavy (non-hydrogen) atoms. The van der Waals surface area contributed by atoms with Crippen molar-refractivity contribution in [2.24, 2.45) is 23.2 Å². The molecule has 2 fully saturated rings. The van der Waals surface area contributed by atoms with E-state index in [1.807, 2.05) is 13.8 Å². The molecule has 2 bridgehead atoms. The third-order valence-electron chi connectivity index (χ3n) is 4.33. The van der Waals surface area contributed by atoms with Crippen LogP contribution in [0.15, 0.2) is 12.2 Å². The molecule has 1 aliphatic heterocycles. The third-order valence-corrected chi connectivity index (χ3v) is 4.33. The van der Waals surface area contributed by atoms with Crippen molar-refractivity contribution >= 4 is 11.9 Å². The van der Waals surface area contributed by atoms with Gasteiger partial charge in [0.15, 0.2) is 0 Å². The lowest BCUT2D eigenvalue weighted by molar-refractivity contribution is -0.167. The number of rotatable bonds is 2. The van der Waals surface area contributed by atoms with Gasteiger partial charge in [-0.2, -0.15) is 0 Å². The van der Waals surface area contributed by atoms with E-state index in [0.717, 1.165) is 12.8 Å². The summed E-state index contributed by atoms with van der Waals surface area (Å²) in [6, 6.07) is 0. The summed E-state index contributed by atoms with van der Waals surface area (Å²) in [6.07, 6.45) is 5.47. The van der Waals surface area contributed by atoms with Crippen LogP contribution in [0, 0.1) is 23.2 Å². The maximum atomic E-state index is 12.2. The lowest BCUT2D eigenvalue weighted by Crippen LogP contribution is -2.37. The Hall–Kier alpha value is -1.32. The van der Waals surface area contributed by atoms with E-state index < -0.39 is 17.5 Å². The van der Waals surface area contributed by atoms with E-state index in [2.05, 4.69) is 12.2 Å². The van der Waals surface area contributed by atoms with E-state index >= 15 is 0 Å². The number of fused-ring (bicyclic) bond motifs is 2. The van der Waals surface area contributed by atoms with Crippen molar-refractivity contribution in [1.82, 2.24) is 0 Å². The fourth-order valence-electron chi connectivity index (χ4n) is 3.19. The highest BCUT2D eigenvalue weighted by Crippen LogP contribution is 2.44. The molecule has 0 N–H and O–H groups in total. The summed E-state index contributed by atoms with van der Waals surface area (Å²) in [5.74, 6) is 0.124. The van der Waals surface area contributed by atoms with E-state index in [9.17, 15) is 9.59 Å². The summed E-state index contributed by atoms with van der Waals surface area (Å²) in [5.41, 5.74) is -0.416. The minimum absolute atomic E-state index is 0.0656. The highest BCUT2D eigenvalue weighted by molar-refractivity contribution is 5.83. The fraction of sp³-hybridized carbons (Fsp3) is 0.714. The Morgan fingerprint density at radius 1 is 1.39 bits per heavy atom. The van der Waals surface area contributed by atoms with Gasteiger partial charge in [0, 0.05) is 5.41 Å². The molecule has 0 amide bonds. The smallest absolute Gasteiger partial charge is 0.348 e. The number of cyclic esters (lactones) is 1. The standard InChI is InChI=1S/C14H18O4/c1-14(2)7-17-13(16)11(14)18-12(15)10-6-8-3-4-9(10)5-8/h3-4,8-11H,5-7H2,1-2H3/t8-,9+,10+,11+/m1/s1. The van der Waals surface area contributed by atoms with E-state index in [1.165, 1.54) is 0 Å². The molecule has 4 atom stereocenters. The first-order valence-corrected chi connectivity index (χ1v) is 6.53. The zero-order valence-corrected chi connectivity index (χ0v) is 10.7. The number of carbonyl (C=O) groups is 2. The molecule has 0 radical (unpaired) electrons. The molecule has 4 heteroatoms. The lowest BCUT2D eigenvalue weighted by atomic mass is 9.89. The average molecular weight is 250 g/mol. The number of esters is 2. The average Bonchev–Trinajstić information content (AvgIpc) is 2.99. The van der Waals surface area contributed by atoms with Crippen LogP contribution in [0.2, 0.25) is 0 Å². The van der Waals surface area contributed by atoms with E-state index in [0.29, 0.717) is 18.4 Å². The first kappa shape index (κ1) is 11.8. The molecular formula is C14H18O4. The van der Waals surface area contributed by atoms with E-state index in [-0.39, 0.29) is 11.9 Å². The number of hydrogen-bond acceptors (Lipinski definition) is 4. The van der Waals surface area contributed by atoms with Crippen molar-refractivity contribution in [3.8, 4) is 0 Å². The summed E-state index contributed by atoms with van der Waals surface area (Å²) in [6.45, 7) is 4.09. The van der Waals surface area contributed by atoms with E-state index in [1.54, 1.807) is 0 Å². The molecule has 0 aromatic heterocycles. The second-order valence-electron chi connectivity index (χ2n) is 6.30. The van der Waals surface area contributed by atoms with Crippen molar-refractivity contribution in [1.29, 1.82) is 0 Å². The van der Waals surface area contributed by atoms with Crippen molar-refractivity contribution in [2.75, 3.05) is 6.61 Å². The number of ether oxygens (including phenoxy) is 2. The van der Waals surface area contributed by atoms with Crippen molar-refractivity contribution in [3.63, 3.8) is 0 Å². The second kappa shape index (κ2) is 3.84. The highest BCUT2D eigenvalue weighted by Gasteiger charge is 2.49. The Morgan fingerprint density at radius 3 is 2.67 bits per heavy atom. The third kappa shape index (κ3) is 1.74. The molecule has 2 aliphatic carbocycles. The molecule has 0 aromatic carbocycles. The molecule has 0 spiro atoms. The van der Waals surface area contributed by atoms with Crippen LogP contribution < -0.4 is 0 Å². The Bertz CT molecular complexity index is 424. The van der Waals surface area contributed by atoms with Gasteiger partial charge in [-0.25, -0.2) is 4.79 Å². The zero-order chi connectivity index (χ0) is 12.9. The van der Waals surface area contributed by atoms with Crippen LogP contribution in [-0.2, 0) is 19.1 Å². The first-order valence-electron chi connectivity index (χ1n) is 6.53. The van der Waals surface area contributed by atoms with E-state index in [4.69, 9.17) is 9.47 Å². The molecule has 3 rings (SSSR count). The first-order chi connectivity index (χ1) is 8.47. The van der Waals surface area contributed by atoms with Crippen LogP contribution >= 0.6 is 0 Å². The van der Waals surface area contributed by atoms with Gasteiger partial charge < -0.3 is 9.47 Å². The van der Waals surface area contributed by atoms with Crippen LogP contribution in [0.5, 0.6) is 0 Å². The minimum atomic E-state index is -0.742. The van der Waals surface area contributed by atoms with Gasteiger partial charge in [-0.05, 0) is 24.7 Å². The van der Waals surface area contributed by atoms with Crippen LogP contribution in [0.25, 0.3) is 0 Å². The fourth-order valence-corrected chi connectivity index (χ4v) is 3.19. The summed E-state index contributed by atoms with van der Waals surface area (Å²) in [5, 5.41) is 0. The van der Waals surface area contributed by atoms with Crippen molar-refractivity contribution in [2.45, 2.75) is 32.8 Å². The Balaban J connectivity index is 1.68. The number of carbonyl (C=O) groups excluding carboxylic acids is 2. The van der Waals surface area contributed by atoms with Gasteiger partial charge in [0.1, 0.15) is 6.61 Å². The predicted molar refractivity (Wildman–Crippen MR) is 63.5 cm³/mol. The summed E-state index contributed by atoms with van der Waals surface area (Å²) >= 11 is 0. The molecule has 98 valence electrons. The second-order valence-corrected chi connectivity index (χ2v) is 6.30. The van der Waals surface area contributed by atoms with Gasteiger partial charge >= 0.3 is 11.9 Å². The largest absolute Gasteiger partial charge is 0.462 e. The SMILES string of the molecule is CC1(C)COC(=O)[C@@H]1OC(=O)[C@H]1C[C@@H]2C=C[C@H]1C2. The van der Waals surface area contributed by atoms with Gasteiger partial charge in [0.2, 0.25) is 6.10 Å². The summed E-state index contributed by atoms with van der Waals surface area (Å²) in [4.78, 5) is 23.7. The van der Waals surface area contributed by atoms with Gasteiger partial charge in [0.05, 0.1) is 5.92 Å². The molecule has 1 saturated carbocycles. The Morgan fingerprint density at radius 2 is 2.17 bits per heavy atom. The monoisotopic (exact) mass is 250 g/mol. The molecule has 1 saturated heterocycles. The maximum Gasteiger partial charge on any atom is 0.348 e. The highest BCUT2D eigenvalue weighted by atomic mass is 16.6. The van der Waals surface area contributed by atoms with Crippen LogP contribution in [0.3, 0.4) is 0 Å². The molecule has 0 unspecified atom stereocenters. The lowest BCUT2D eigenvalue weighted by Gasteiger charge is -2.24. The molecular weight excluding hydrogens is 232 g/mol. The van der Waals surface area contributed by atoms with Gasteiger partial charge in [0.25, 0.3) is 0 Å². The Kier molecular flexibility index (Phi) is 2.50. The predicted octanol–water partition coefficient (Wildman–Crippen LogP) is 1.69. The topological polar surface area (TPSA) is 52.6 Å². The molecule has 0 aromatic rings. The zero-order valence-electron chi connectivity index (χ0n) is 10.7. The minimum Gasteiger partial charge on any atom is -0.462 e. The Labute approximate surface area is 106 Å². The van der Waals surface area contributed by atoms with Gasteiger partial charge in [-0.3, -0.25) is 4.79 Å². The molecule has 4 nitrogen and oxygen atoms in total. The summed E-state index contributed by atoms with van der Waals surface area (Å²) < 4.78 is 10.4.